The number of urea groups is 1. The molecule has 7 nitrogen and oxygen atoms in total. The van der Waals surface area contributed by atoms with Crippen molar-refractivity contribution in [1.82, 2.24) is 10.2 Å². The first-order valence-corrected chi connectivity index (χ1v) is 8.66. The second-order valence-electron chi connectivity index (χ2n) is 6.28. The lowest BCUT2D eigenvalue weighted by Crippen LogP contribution is -2.36. The third kappa shape index (κ3) is 5.26. The van der Waals surface area contributed by atoms with E-state index in [0.717, 1.165) is 5.56 Å². The second-order valence-corrected chi connectivity index (χ2v) is 6.28. The van der Waals surface area contributed by atoms with Crippen molar-refractivity contribution in [3.63, 3.8) is 0 Å². The van der Waals surface area contributed by atoms with Crippen LogP contribution in [0.2, 0.25) is 0 Å². The molecule has 0 fully saturated rings. The first kappa shape index (κ1) is 21.3. The van der Waals surface area contributed by atoms with E-state index in [1.54, 1.807) is 18.2 Å². The highest BCUT2D eigenvalue weighted by Crippen LogP contribution is 2.39. The molecule has 0 spiro atoms. The smallest absolute Gasteiger partial charge is 0.319 e. The molecule has 0 aliphatic rings. The molecule has 1 atom stereocenters. The van der Waals surface area contributed by atoms with Gasteiger partial charge in [-0.05, 0) is 31.8 Å². The SMILES string of the molecule is COc1cc(NC(=O)NCC(c2cccc(F)c2)N(C)C)cc(OC)c1OC. The molecule has 2 rings (SSSR count). The zero-order valence-corrected chi connectivity index (χ0v) is 16.7. The number of halogens is 1. The summed E-state index contributed by atoms with van der Waals surface area (Å²) in [5.41, 5.74) is 1.26. The number of hydrogen-bond acceptors (Lipinski definition) is 5. The monoisotopic (exact) mass is 391 g/mol. The van der Waals surface area contributed by atoms with Crippen molar-refractivity contribution in [2.24, 2.45) is 0 Å². The Balaban J connectivity index is 2.09. The number of amides is 2. The molecule has 28 heavy (non-hydrogen) atoms. The van der Waals surface area contributed by atoms with Crippen LogP contribution in [0.5, 0.6) is 17.2 Å². The van der Waals surface area contributed by atoms with Crippen molar-refractivity contribution in [2.75, 3.05) is 47.3 Å². The number of hydrogen-bond donors (Lipinski definition) is 2. The van der Waals surface area contributed by atoms with E-state index in [9.17, 15) is 9.18 Å². The maximum absolute atomic E-state index is 13.5. The molecule has 1 unspecified atom stereocenters. The van der Waals surface area contributed by atoms with Crippen LogP contribution in [0, 0.1) is 5.82 Å². The molecule has 0 bridgehead atoms. The maximum atomic E-state index is 13.5. The number of anilines is 1. The Kier molecular flexibility index (Phi) is 7.45. The zero-order valence-electron chi connectivity index (χ0n) is 16.7. The number of rotatable bonds is 8. The van der Waals surface area contributed by atoms with E-state index in [-0.39, 0.29) is 11.9 Å². The Morgan fingerprint density at radius 2 is 1.71 bits per heavy atom. The van der Waals surface area contributed by atoms with Crippen molar-refractivity contribution in [3.05, 3.63) is 47.8 Å². The molecule has 0 aromatic heterocycles. The minimum absolute atomic E-state index is 0.179. The first-order valence-electron chi connectivity index (χ1n) is 8.66. The summed E-state index contributed by atoms with van der Waals surface area (Å²) < 4.78 is 29.4. The lowest BCUT2D eigenvalue weighted by Gasteiger charge is -2.25. The zero-order chi connectivity index (χ0) is 20.7. The quantitative estimate of drug-likeness (QED) is 0.723. The van der Waals surface area contributed by atoms with Gasteiger partial charge >= 0.3 is 6.03 Å². The van der Waals surface area contributed by atoms with Crippen LogP contribution < -0.4 is 24.8 Å². The summed E-state index contributed by atoms with van der Waals surface area (Å²) in [4.78, 5) is 14.3. The third-order valence-corrected chi connectivity index (χ3v) is 4.24. The Morgan fingerprint density at radius 3 is 2.21 bits per heavy atom. The molecular formula is C20H26FN3O4. The van der Waals surface area contributed by atoms with Crippen LogP contribution in [0.3, 0.4) is 0 Å². The molecule has 2 aromatic rings. The van der Waals surface area contributed by atoms with Crippen molar-refractivity contribution in [3.8, 4) is 17.2 Å². The Hall–Kier alpha value is -3.00. The van der Waals surface area contributed by atoms with Gasteiger partial charge in [0.2, 0.25) is 5.75 Å². The number of nitrogens with one attached hydrogen (secondary N) is 2. The van der Waals surface area contributed by atoms with Crippen LogP contribution in [0.15, 0.2) is 36.4 Å². The number of benzene rings is 2. The average molecular weight is 391 g/mol. The van der Waals surface area contributed by atoms with E-state index in [2.05, 4.69) is 10.6 Å². The summed E-state index contributed by atoms with van der Waals surface area (Å²) in [7, 11) is 8.25. The molecule has 0 saturated carbocycles. The fraction of sp³-hybridized carbons (Fsp3) is 0.350. The van der Waals surface area contributed by atoms with Crippen molar-refractivity contribution in [2.45, 2.75) is 6.04 Å². The molecule has 152 valence electrons. The number of likely N-dealkylation sites (N-methyl/N-ethyl adjacent to an activating group) is 1. The van der Waals surface area contributed by atoms with Gasteiger partial charge in [0.1, 0.15) is 5.82 Å². The lowest BCUT2D eigenvalue weighted by atomic mass is 10.1. The predicted octanol–water partition coefficient (Wildman–Crippen LogP) is 3.28. The molecule has 8 heteroatoms. The number of nitrogens with zero attached hydrogens (tertiary/aromatic N) is 1. The molecule has 0 heterocycles. The van der Waals surface area contributed by atoms with E-state index in [1.807, 2.05) is 25.1 Å². The van der Waals surface area contributed by atoms with Crippen LogP contribution in [-0.4, -0.2) is 52.9 Å². The minimum Gasteiger partial charge on any atom is -0.493 e. The number of carbonyl (C=O) groups is 1. The second kappa shape index (κ2) is 9.80. The normalized spacial score (nSPS) is 11.7. The van der Waals surface area contributed by atoms with Gasteiger partial charge in [-0.1, -0.05) is 12.1 Å². The van der Waals surface area contributed by atoms with Crippen molar-refractivity contribution >= 4 is 11.7 Å². The van der Waals surface area contributed by atoms with Crippen molar-refractivity contribution in [1.29, 1.82) is 0 Å². The van der Waals surface area contributed by atoms with Gasteiger partial charge in [-0.2, -0.15) is 0 Å². The molecular weight excluding hydrogens is 365 g/mol. The predicted molar refractivity (Wildman–Crippen MR) is 106 cm³/mol. The van der Waals surface area contributed by atoms with Gasteiger partial charge in [-0.15, -0.1) is 0 Å². The third-order valence-electron chi connectivity index (χ3n) is 4.24. The van der Waals surface area contributed by atoms with E-state index in [1.165, 1.54) is 33.5 Å². The Morgan fingerprint density at radius 1 is 1.07 bits per heavy atom. The summed E-state index contributed by atoms with van der Waals surface area (Å²) in [6, 6.07) is 9.01. The van der Waals surface area contributed by atoms with E-state index in [4.69, 9.17) is 14.2 Å². The Labute approximate surface area is 164 Å². The fourth-order valence-electron chi connectivity index (χ4n) is 2.83. The standard InChI is InChI=1S/C20H26FN3O4/c1-24(2)16(13-7-6-8-14(21)9-13)12-22-20(25)23-15-10-17(26-3)19(28-5)18(11-15)27-4/h6-11,16H,12H2,1-5H3,(H2,22,23,25). The van der Waals surface area contributed by atoms with Gasteiger partial charge in [0, 0.05) is 18.7 Å². The summed E-state index contributed by atoms with van der Waals surface area (Å²) in [6.07, 6.45) is 0. The van der Waals surface area contributed by atoms with Gasteiger partial charge in [0.15, 0.2) is 11.5 Å². The van der Waals surface area contributed by atoms with Crippen LogP contribution >= 0.6 is 0 Å². The molecule has 0 aliphatic carbocycles. The summed E-state index contributed by atoms with van der Waals surface area (Å²) in [5.74, 6) is 0.993. The maximum Gasteiger partial charge on any atom is 0.319 e. The summed E-state index contributed by atoms with van der Waals surface area (Å²) in [6.45, 7) is 0.298. The molecule has 0 radical (unpaired) electrons. The lowest BCUT2D eigenvalue weighted by molar-refractivity contribution is 0.243. The topological polar surface area (TPSA) is 72.1 Å². The van der Waals surface area contributed by atoms with Gasteiger partial charge in [0.05, 0.1) is 33.1 Å². The van der Waals surface area contributed by atoms with Gasteiger partial charge in [-0.3, -0.25) is 0 Å². The molecule has 0 aliphatic heterocycles. The number of methoxy groups -OCH3 is 3. The highest BCUT2D eigenvalue weighted by Gasteiger charge is 2.17. The van der Waals surface area contributed by atoms with E-state index >= 15 is 0 Å². The highest BCUT2D eigenvalue weighted by molar-refractivity contribution is 5.90. The van der Waals surface area contributed by atoms with Crippen LogP contribution in [0.4, 0.5) is 14.9 Å². The highest BCUT2D eigenvalue weighted by atomic mass is 19.1. The molecule has 2 N–H and O–H groups in total. The Bertz CT molecular complexity index is 789. The largest absolute Gasteiger partial charge is 0.493 e. The van der Waals surface area contributed by atoms with Gasteiger partial charge < -0.3 is 29.7 Å². The first-order chi connectivity index (χ1) is 13.4. The number of carbonyl (C=O) groups excluding carboxylic acids is 1. The van der Waals surface area contributed by atoms with Crippen LogP contribution in [0.1, 0.15) is 11.6 Å². The van der Waals surface area contributed by atoms with Gasteiger partial charge in [-0.25, -0.2) is 9.18 Å². The summed E-state index contributed by atoms with van der Waals surface area (Å²) >= 11 is 0. The summed E-state index contributed by atoms with van der Waals surface area (Å²) in [5, 5.41) is 5.55. The average Bonchev–Trinajstić information content (AvgIpc) is 2.67. The fourth-order valence-corrected chi connectivity index (χ4v) is 2.83. The molecule has 2 aromatic carbocycles. The number of ether oxygens (including phenoxy) is 3. The minimum atomic E-state index is -0.405. The molecule has 2 amide bonds. The van der Waals surface area contributed by atoms with Crippen molar-refractivity contribution < 1.29 is 23.4 Å². The van der Waals surface area contributed by atoms with Crippen LogP contribution in [0.25, 0.3) is 0 Å². The van der Waals surface area contributed by atoms with Gasteiger partial charge in [0.25, 0.3) is 0 Å². The van der Waals surface area contributed by atoms with E-state index < -0.39 is 6.03 Å². The van der Waals surface area contributed by atoms with E-state index in [0.29, 0.717) is 29.5 Å². The van der Waals surface area contributed by atoms with Crippen LogP contribution in [-0.2, 0) is 0 Å². The molecule has 0 saturated heterocycles.